The van der Waals surface area contributed by atoms with E-state index < -0.39 is 5.60 Å². The van der Waals surface area contributed by atoms with E-state index in [1.165, 1.54) is 0 Å². The molecule has 20 heavy (non-hydrogen) atoms. The number of hydrogen-bond acceptors (Lipinski definition) is 3. The Morgan fingerprint density at radius 2 is 2.00 bits per heavy atom. The maximum absolute atomic E-state index is 12.1. The number of carbonyl (C=O) groups is 1. The third-order valence-electron chi connectivity index (χ3n) is 2.96. The number of halogens is 1. The minimum absolute atomic E-state index is 0.0932. The van der Waals surface area contributed by atoms with Gasteiger partial charge >= 0.3 is 6.09 Å². The van der Waals surface area contributed by atoms with E-state index in [0.29, 0.717) is 19.7 Å². The number of hydrogen-bond donors (Lipinski definition) is 0. The van der Waals surface area contributed by atoms with Crippen molar-refractivity contribution in [3.63, 3.8) is 0 Å². The van der Waals surface area contributed by atoms with Crippen molar-refractivity contribution in [2.75, 3.05) is 19.7 Å². The predicted octanol–water partition coefficient (Wildman–Crippen LogP) is 3.76. The average Bonchev–Trinajstić information content (AvgIpc) is 2.38. The van der Waals surface area contributed by atoms with Crippen LogP contribution in [0.15, 0.2) is 28.7 Å². The zero-order valence-corrected chi connectivity index (χ0v) is 13.6. The van der Waals surface area contributed by atoms with Crippen LogP contribution in [0.25, 0.3) is 0 Å². The van der Waals surface area contributed by atoms with Crippen molar-refractivity contribution in [2.24, 2.45) is 0 Å². The Kier molecular flexibility index (Phi) is 4.70. The number of morpholine rings is 1. The third-order valence-corrected chi connectivity index (χ3v) is 3.49. The molecule has 2 rings (SSSR count). The third kappa shape index (κ3) is 4.21. The molecule has 1 aliphatic heterocycles. The van der Waals surface area contributed by atoms with Crippen LogP contribution in [0.2, 0.25) is 0 Å². The largest absolute Gasteiger partial charge is 0.444 e. The molecule has 110 valence electrons. The summed E-state index contributed by atoms with van der Waals surface area (Å²) in [6.07, 6.45) is -0.368. The molecule has 1 aliphatic rings. The maximum atomic E-state index is 12.1. The highest BCUT2D eigenvalue weighted by Gasteiger charge is 2.28. The fraction of sp³-hybridized carbons (Fsp3) is 0.533. The molecule has 4 nitrogen and oxygen atoms in total. The van der Waals surface area contributed by atoms with Gasteiger partial charge in [-0.15, -0.1) is 0 Å². The smallest absolute Gasteiger partial charge is 0.410 e. The van der Waals surface area contributed by atoms with Gasteiger partial charge in [0.15, 0.2) is 0 Å². The van der Waals surface area contributed by atoms with Gasteiger partial charge in [-0.25, -0.2) is 4.79 Å². The highest BCUT2D eigenvalue weighted by molar-refractivity contribution is 9.10. The van der Waals surface area contributed by atoms with Crippen LogP contribution >= 0.6 is 15.9 Å². The van der Waals surface area contributed by atoms with Crippen molar-refractivity contribution < 1.29 is 14.3 Å². The Balaban J connectivity index is 2.01. The van der Waals surface area contributed by atoms with E-state index in [4.69, 9.17) is 9.47 Å². The first kappa shape index (κ1) is 15.3. The topological polar surface area (TPSA) is 38.8 Å². The molecule has 1 atom stereocenters. The molecule has 0 aromatic heterocycles. The minimum Gasteiger partial charge on any atom is -0.444 e. The molecule has 0 saturated carbocycles. The lowest BCUT2D eigenvalue weighted by atomic mass is 10.1. The molecule has 1 fully saturated rings. The number of rotatable bonds is 1. The van der Waals surface area contributed by atoms with Gasteiger partial charge in [-0.3, -0.25) is 0 Å². The second-order valence-electron chi connectivity index (χ2n) is 5.84. The molecule has 0 radical (unpaired) electrons. The van der Waals surface area contributed by atoms with Gasteiger partial charge in [-0.2, -0.15) is 0 Å². The van der Waals surface area contributed by atoms with Gasteiger partial charge in [-0.1, -0.05) is 28.1 Å². The minimum atomic E-state index is -0.470. The van der Waals surface area contributed by atoms with E-state index in [1.807, 2.05) is 45.0 Å². The summed E-state index contributed by atoms with van der Waals surface area (Å²) in [4.78, 5) is 13.8. The second kappa shape index (κ2) is 6.14. The molecule has 0 N–H and O–H groups in total. The first-order chi connectivity index (χ1) is 9.35. The Morgan fingerprint density at radius 3 is 2.60 bits per heavy atom. The summed E-state index contributed by atoms with van der Waals surface area (Å²) in [7, 11) is 0. The van der Waals surface area contributed by atoms with Crippen LogP contribution < -0.4 is 0 Å². The summed E-state index contributed by atoms with van der Waals surface area (Å²) >= 11 is 3.41. The van der Waals surface area contributed by atoms with Gasteiger partial charge in [0.1, 0.15) is 11.7 Å². The fourth-order valence-electron chi connectivity index (χ4n) is 2.02. The lowest BCUT2D eigenvalue weighted by Crippen LogP contribution is -2.44. The summed E-state index contributed by atoms with van der Waals surface area (Å²) in [5, 5.41) is 0. The molecular weight excluding hydrogens is 322 g/mol. The normalized spacial score (nSPS) is 19.8. The summed E-state index contributed by atoms with van der Waals surface area (Å²) in [6, 6.07) is 7.97. The summed E-state index contributed by atoms with van der Waals surface area (Å²) in [5.74, 6) is 0. The van der Waals surface area contributed by atoms with Gasteiger partial charge in [0, 0.05) is 11.0 Å². The molecule has 1 aromatic carbocycles. The molecule has 5 heteroatoms. The molecule has 0 bridgehead atoms. The molecule has 0 aliphatic carbocycles. The highest BCUT2D eigenvalue weighted by atomic mass is 79.9. The number of nitrogens with zero attached hydrogens (tertiary/aromatic N) is 1. The van der Waals surface area contributed by atoms with Crippen LogP contribution in [0, 0.1) is 0 Å². The lowest BCUT2D eigenvalue weighted by Gasteiger charge is -2.34. The monoisotopic (exact) mass is 341 g/mol. The average molecular weight is 342 g/mol. The van der Waals surface area contributed by atoms with Crippen LogP contribution in [-0.4, -0.2) is 36.3 Å². The first-order valence-corrected chi connectivity index (χ1v) is 7.49. The summed E-state index contributed by atoms with van der Waals surface area (Å²) < 4.78 is 12.2. The lowest BCUT2D eigenvalue weighted by molar-refractivity contribution is -0.0432. The number of carbonyl (C=O) groups excluding carboxylic acids is 1. The molecule has 0 spiro atoms. The molecule has 1 saturated heterocycles. The van der Waals surface area contributed by atoms with Gasteiger partial charge < -0.3 is 14.4 Å². The van der Waals surface area contributed by atoms with Crippen LogP contribution in [-0.2, 0) is 9.47 Å². The van der Waals surface area contributed by atoms with Gasteiger partial charge in [0.2, 0.25) is 0 Å². The maximum Gasteiger partial charge on any atom is 0.410 e. The van der Waals surface area contributed by atoms with Crippen molar-refractivity contribution in [1.82, 2.24) is 4.90 Å². The summed E-state index contributed by atoms with van der Waals surface area (Å²) in [5.41, 5.74) is 0.601. The van der Waals surface area contributed by atoms with Crippen molar-refractivity contribution >= 4 is 22.0 Å². The quantitative estimate of drug-likeness (QED) is 0.780. The SMILES string of the molecule is CC(C)(C)OC(=O)N1CCO[C@H](c2ccc(Br)cc2)C1. The predicted molar refractivity (Wildman–Crippen MR) is 80.6 cm³/mol. The van der Waals surface area contributed by atoms with Crippen molar-refractivity contribution in [3.8, 4) is 0 Å². The Bertz CT molecular complexity index is 467. The zero-order chi connectivity index (χ0) is 14.8. The molecule has 0 unspecified atom stereocenters. The molecule has 1 aromatic rings. The fourth-order valence-corrected chi connectivity index (χ4v) is 2.29. The Labute approximate surface area is 128 Å². The molecule has 1 heterocycles. The standard InChI is InChI=1S/C15H20BrNO3/c1-15(2,3)20-14(18)17-8-9-19-13(10-17)11-4-6-12(16)7-5-11/h4-7,13H,8-10H2,1-3H3/t13-/m0/s1. The first-order valence-electron chi connectivity index (χ1n) is 6.70. The van der Waals surface area contributed by atoms with Crippen molar-refractivity contribution in [1.29, 1.82) is 0 Å². The van der Waals surface area contributed by atoms with E-state index in [2.05, 4.69) is 15.9 Å². The van der Waals surface area contributed by atoms with Gasteiger partial charge in [-0.05, 0) is 38.5 Å². The van der Waals surface area contributed by atoms with E-state index in [-0.39, 0.29) is 12.2 Å². The van der Waals surface area contributed by atoms with Crippen LogP contribution in [0.5, 0.6) is 0 Å². The van der Waals surface area contributed by atoms with Crippen molar-refractivity contribution in [3.05, 3.63) is 34.3 Å². The van der Waals surface area contributed by atoms with E-state index >= 15 is 0 Å². The van der Waals surface area contributed by atoms with Crippen molar-refractivity contribution in [2.45, 2.75) is 32.5 Å². The molecular formula is C15H20BrNO3. The van der Waals surface area contributed by atoms with E-state index in [0.717, 1.165) is 10.0 Å². The van der Waals surface area contributed by atoms with E-state index in [9.17, 15) is 4.79 Å². The Morgan fingerprint density at radius 1 is 1.35 bits per heavy atom. The van der Waals surface area contributed by atoms with Crippen LogP contribution in [0.4, 0.5) is 4.79 Å². The Hall–Kier alpha value is -1.07. The second-order valence-corrected chi connectivity index (χ2v) is 6.75. The highest BCUT2D eigenvalue weighted by Crippen LogP contribution is 2.24. The number of benzene rings is 1. The summed E-state index contributed by atoms with van der Waals surface area (Å²) in [6.45, 7) is 7.24. The number of amides is 1. The number of ether oxygens (including phenoxy) is 2. The molecule has 1 amide bonds. The van der Waals surface area contributed by atoms with Crippen LogP contribution in [0.3, 0.4) is 0 Å². The van der Waals surface area contributed by atoms with Crippen LogP contribution in [0.1, 0.15) is 32.4 Å². The van der Waals surface area contributed by atoms with Gasteiger partial charge in [0.05, 0.1) is 13.2 Å². The van der Waals surface area contributed by atoms with E-state index in [1.54, 1.807) is 4.90 Å². The zero-order valence-electron chi connectivity index (χ0n) is 12.1. The van der Waals surface area contributed by atoms with Gasteiger partial charge in [0.25, 0.3) is 0 Å².